The van der Waals surface area contributed by atoms with Gasteiger partial charge in [0.2, 0.25) is 0 Å². The average molecular weight is 529 g/mol. The molecule has 1 aliphatic heterocycles. The van der Waals surface area contributed by atoms with Crippen molar-refractivity contribution in [3.05, 3.63) is 29.8 Å². The number of methoxy groups -OCH3 is 1. The van der Waals surface area contributed by atoms with E-state index < -0.39 is 11.7 Å². The van der Waals surface area contributed by atoms with Crippen LogP contribution in [0.15, 0.2) is 29.3 Å². The van der Waals surface area contributed by atoms with Gasteiger partial charge in [-0.1, -0.05) is 6.07 Å². The molecule has 0 unspecified atom stereocenters. The molecule has 1 aromatic rings. The van der Waals surface area contributed by atoms with Gasteiger partial charge in [0.25, 0.3) is 0 Å². The summed E-state index contributed by atoms with van der Waals surface area (Å²) in [7, 11) is 3.39. The standard InChI is InChI=1S/C19H30F3N5O.HI/c1-23-18(25-8-14-28-2)24-7-4-9-26-10-12-27(13-11-26)17-6-3-5-16(15-17)19(20,21)22;/h3,5-6,15H,4,7-14H2,1-2H3,(H2,23,24,25);1H. The van der Waals surface area contributed by atoms with Gasteiger partial charge in [-0.25, -0.2) is 0 Å². The van der Waals surface area contributed by atoms with Crippen molar-refractivity contribution in [2.45, 2.75) is 12.6 Å². The van der Waals surface area contributed by atoms with E-state index in [1.54, 1.807) is 20.2 Å². The average Bonchev–Trinajstić information content (AvgIpc) is 2.70. The number of guanidine groups is 1. The van der Waals surface area contributed by atoms with Gasteiger partial charge < -0.3 is 20.3 Å². The molecule has 29 heavy (non-hydrogen) atoms. The fraction of sp³-hybridized carbons (Fsp3) is 0.632. The van der Waals surface area contributed by atoms with Crippen LogP contribution >= 0.6 is 24.0 Å². The molecule has 166 valence electrons. The molecule has 0 bridgehead atoms. The number of benzene rings is 1. The van der Waals surface area contributed by atoms with E-state index in [1.807, 2.05) is 4.90 Å². The summed E-state index contributed by atoms with van der Waals surface area (Å²) < 4.78 is 43.7. The van der Waals surface area contributed by atoms with Gasteiger partial charge in [0.05, 0.1) is 12.2 Å². The molecular formula is C19H31F3IN5O. The van der Waals surface area contributed by atoms with Crippen LogP contribution in [0, 0.1) is 0 Å². The third-order valence-corrected chi connectivity index (χ3v) is 4.68. The summed E-state index contributed by atoms with van der Waals surface area (Å²) in [6.07, 6.45) is -3.33. The Morgan fingerprint density at radius 1 is 1.14 bits per heavy atom. The molecular weight excluding hydrogens is 498 g/mol. The normalized spacial score (nSPS) is 15.8. The topological polar surface area (TPSA) is 52.1 Å². The van der Waals surface area contributed by atoms with E-state index >= 15 is 0 Å². The number of nitrogens with zero attached hydrogens (tertiary/aromatic N) is 3. The second kappa shape index (κ2) is 13.1. The van der Waals surface area contributed by atoms with Crippen molar-refractivity contribution in [2.24, 2.45) is 4.99 Å². The molecule has 1 fully saturated rings. The van der Waals surface area contributed by atoms with E-state index in [1.165, 1.54) is 12.1 Å². The first-order valence-electron chi connectivity index (χ1n) is 9.52. The van der Waals surface area contributed by atoms with Gasteiger partial charge in [0.1, 0.15) is 0 Å². The number of nitrogens with one attached hydrogen (secondary N) is 2. The Hall–Kier alpha value is -1.27. The fourth-order valence-corrected chi connectivity index (χ4v) is 3.11. The summed E-state index contributed by atoms with van der Waals surface area (Å²) in [5.41, 5.74) is 0.0491. The van der Waals surface area contributed by atoms with Crippen LogP contribution in [0.4, 0.5) is 18.9 Å². The minimum Gasteiger partial charge on any atom is -0.383 e. The molecule has 0 spiro atoms. The molecule has 0 amide bonds. The second-order valence-electron chi connectivity index (χ2n) is 6.65. The Bertz CT molecular complexity index is 622. The zero-order valence-corrected chi connectivity index (χ0v) is 19.3. The molecule has 0 atom stereocenters. The molecule has 0 aromatic heterocycles. The van der Waals surface area contributed by atoms with Gasteiger partial charge in [0.15, 0.2) is 5.96 Å². The van der Waals surface area contributed by atoms with E-state index in [4.69, 9.17) is 4.74 Å². The first-order chi connectivity index (χ1) is 13.4. The van der Waals surface area contributed by atoms with E-state index in [0.29, 0.717) is 18.8 Å². The molecule has 2 rings (SSSR count). The number of rotatable bonds is 8. The number of anilines is 1. The summed E-state index contributed by atoms with van der Waals surface area (Å²) in [5, 5.41) is 6.42. The Labute approximate surface area is 187 Å². The smallest absolute Gasteiger partial charge is 0.383 e. The number of hydrogen-bond donors (Lipinski definition) is 2. The van der Waals surface area contributed by atoms with Gasteiger partial charge in [-0.05, 0) is 31.2 Å². The predicted molar refractivity (Wildman–Crippen MR) is 121 cm³/mol. The van der Waals surface area contributed by atoms with Crippen molar-refractivity contribution >= 4 is 35.6 Å². The Morgan fingerprint density at radius 2 is 1.83 bits per heavy atom. The fourth-order valence-electron chi connectivity index (χ4n) is 3.11. The van der Waals surface area contributed by atoms with Gasteiger partial charge in [-0.15, -0.1) is 24.0 Å². The monoisotopic (exact) mass is 529 g/mol. The highest BCUT2D eigenvalue weighted by Crippen LogP contribution is 2.31. The van der Waals surface area contributed by atoms with Crippen LogP contribution in [0.2, 0.25) is 0 Å². The maximum atomic E-state index is 12.9. The van der Waals surface area contributed by atoms with Crippen LogP contribution in [0.3, 0.4) is 0 Å². The van der Waals surface area contributed by atoms with Crippen molar-refractivity contribution in [1.82, 2.24) is 15.5 Å². The van der Waals surface area contributed by atoms with Gasteiger partial charge >= 0.3 is 6.18 Å². The summed E-state index contributed by atoms with van der Waals surface area (Å²) in [6.45, 7) is 6.22. The molecule has 1 heterocycles. The summed E-state index contributed by atoms with van der Waals surface area (Å²) in [6, 6.07) is 5.58. The number of alkyl halides is 3. The van der Waals surface area contributed by atoms with Crippen molar-refractivity contribution in [2.75, 3.05) is 71.5 Å². The maximum absolute atomic E-state index is 12.9. The lowest BCUT2D eigenvalue weighted by Crippen LogP contribution is -2.47. The molecule has 1 aromatic carbocycles. The van der Waals surface area contributed by atoms with E-state index in [-0.39, 0.29) is 24.0 Å². The second-order valence-corrected chi connectivity index (χ2v) is 6.65. The van der Waals surface area contributed by atoms with Gasteiger partial charge in [-0.3, -0.25) is 9.89 Å². The van der Waals surface area contributed by atoms with Crippen LogP contribution in [0.25, 0.3) is 0 Å². The molecule has 1 aliphatic rings. The van der Waals surface area contributed by atoms with Crippen molar-refractivity contribution < 1.29 is 17.9 Å². The lowest BCUT2D eigenvalue weighted by molar-refractivity contribution is -0.137. The Kier molecular flexibility index (Phi) is 11.7. The van der Waals surface area contributed by atoms with Crippen LogP contribution in [0.1, 0.15) is 12.0 Å². The number of aliphatic imine (C=N–C) groups is 1. The van der Waals surface area contributed by atoms with E-state index in [2.05, 4.69) is 20.5 Å². The number of hydrogen-bond acceptors (Lipinski definition) is 4. The van der Waals surface area contributed by atoms with Gasteiger partial charge in [-0.2, -0.15) is 13.2 Å². The zero-order chi connectivity index (χ0) is 20.4. The number of piperazine rings is 1. The van der Waals surface area contributed by atoms with Crippen LogP contribution in [-0.4, -0.2) is 77.4 Å². The highest BCUT2D eigenvalue weighted by Gasteiger charge is 2.31. The third-order valence-electron chi connectivity index (χ3n) is 4.68. The molecule has 0 radical (unpaired) electrons. The van der Waals surface area contributed by atoms with Gasteiger partial charge in [0, 0.05) is 59.1 Å². The first kappa shape index (κ1) is 25.8. The lowest BCUT2D eigenvalue weighted by atomic mass is 10.1. The van der Waals surface area contributed by atoms with Crippen molar-refractivity contribution in [1.29, 1.82) is 0 Å². The third kappa shape index (κ3) is 8.95. The SMILES string of the molecule is CN=C(NCCCN1CCN(c2cccc(C(F)(F)F)c2)CC1)NCCOC.I. The summed E-state index contributed by atoms with van der Waals surface area (Å²) >= 11 is 0. The first-order valence-corrected chi connectivity index (χ1v) is 9.52. The highest BCUT2D eigenvalue weighted by atomic mass is 127. The quantitative estimate of drug-likeness (QED) is 0.235. The van der Waals surface area contributed by atoms with Crippen molar-refractivity contribution in [3.8, 4) is 0 Å². The minimum absolute atomic E-state index is 0. The molecule has 6 nitrogen and oxygen atoms in total. The lowest BCUT2D eigenvalue weighted by Gasteiger charge is -2.36. The largest absolute Gasteiger partial charge is 0.416 e. The van der Waals surface area contributed by atoms with Crippen LogP contribution in [0.5, 0.6) is 0 Å². The highest BCUT2D eigenvalue weighted by molar-refractivity contribution is 14.0. The van der Waals surface area contributed by atoms with Crippen molar-refractivity contribution in [3.63, 3.8) is 0 Å². The predicted octanol–water partition coefficient (Wildman–Crippen LogP) is 2.65. The van der Waals surface area contributed by atoms with Crippen LogP contribution in [-0.2, 0) is 10.9 Å². The minimum atomic E-state index is -4.30. The Balaban J connectivity index is 0.00000420. The molecule has 10 heteroatoms. The number of ether oxygens (including phenoxy) is 1. The molecule has 2 N–H and O–H groups in total. The summed E-state index contributed by atoms with van der Waals surface area (Å²) in [4.78, 5) is 8.51. The number of halogens is 4. The summed E-state index contributed by atoms with van der Waals surface area (Å²) in [5.74, 6) is 0.756. The molecule has 1 saturated heterocycles. The van der Waals surface area contributed by atoms with E-state index in [0.717, 1.165) is 57.7 Å². The Morgan fingerprint density at radius 3 is 2.45 bits per heavy atom. The zero-order valence-electron chi connectivity index (χ0n) is 17.0. The maximum Gasteiger partial charge on any atom is 0.416 e. The molecule has 0 saturated carbocycles. The van der Waals surface area contributed by atoms with E-state index in [9.17, 15) is 13.2 Å². The molecule has 0 aliphatic carbocycles. The van der Waals surface area contributed by atoms with Crippen LogP contribution < -0.4 is 15.5 Å².